The van der Waals surface area contributed by atoms with E-state index in [1.807, 2.05) is 0 Å². The average Bonchev–Trinajstić information content (AvgIpc) is 1.88. The van der Waals surface area contributed by atoms with Crippen LogP contribution >= 0.6 is 0 Å². The number of rotatable bonds is 2. The first-order chi connectivity index (χ1) is 4.83. The van der Waals surface area contributed by atoms with Crippen molar-refractivity contribution in [3.05, 3.63) is 12.7 Å². The van der Waals surface area contributed by atoms with Crippen molar-refractivity contribution in [2.75, 3.05) is 5.75 Å². The van der Waals surface area contributed by atoms with E-state index in [0.29, 0.717) is 0 Å². The van der Waals surface area contributed by atoms with Gasteiger partial charge in [0.25, 0.3) is 10.1 Å². The van der Waals surface area contributed by atoms with E-state index in [1.54, 1.807) is 0 Å². The first kappa shape index (κ1) is 18.0. The smallest absolute Gasteiger partial charge is 1.00 e. The number of nitrogens with two attached hydrogens (primary N) is 1. The van der Waals surface area contributed by atoms with Crippen LogP contribution in [-0.2, 0) is 14.9 Å². The van der Waals surface area contributed by atoms with Gasteiger partial charge in [-0.25, -0.2) is 0 Å². The fraction of sp³-hybridized carbons (Fsp3) is 0.400. The Morgan fingerprint density at radius 1 is 1.75 bits per heavy atom. The van der Waals surface area contributed by atoms with Gasteiger partial charge in [-0.1, -0.05) is 6.58 Å². The van der Waals surface area contributed by atoms with E-state index in [-0.39, 0.29) is 36.7 Å². The molecule has 0 aromatic rings. The molecular formula is C5H12NNaO4S. The van der Waals surface area contributed by atoms with Crippen LogP contribution in [-0.4, -0.2) is 24.6 Å². The fourth-order valence-electron chi connectivity index (χ4n) is 0. The molecule has 0 spiro atoms. The second-order valence-corrected chi connectivity index (χ2v) is 3.22. The maximum Gasteiger partial charge on any atom is 1.00 e. The van der Waals surface area contributed by atoms with Crippen molar-refractivity contribution in [1.82, 2.24) is 0 Å². The molecule has 0 saturated carbocycles. The minimum Gasteiger partial charge on any atom is -1.00 e. The SMILES string of the molecule is C=CC(N)=O.CCS(=O)(=O)O.[H-].[Na+]. The Kier molecular flexibility index (Phi) is 13.8. The molecule has 0 unspecified atom stereocenters. The van der Waals surface area contributed by atoms with E-state index >= 15 is 0 Å². The zero-order valence-corrected chi connectivity index (χ0v) is 9.97. The van der Waals surface area contributed by atoms with Gasteiger partial charge in [0.2, 0.25) is 5.91 Å². The molecule has 0 aliphatic heterocycles. The van der Waals surface area contributed by atoms with Crippen LogP contribution in [0.1, 0.15) is 8.35 Å². The predicted octanol–water partition coefficient (Wildman–Crippen LogP) is -3.33. The van der Waals surface area contributed by atoms with E-state index in [1.165, 1.54) is 6.92 Å². The van der Waals surface area contributed by atoms with Crippen LogP contribution in [0.15, 0.2) is 12.7 Å². The predicted molar refractivity (Wildman–Crippen MR) is 42.6 cm³/mol. The molecular weight excluding hydrogens is 193 g/mol. The number of hydrogen-bond donors (Lipinski definition) is 2. The van der Waals surface area contributed by atoms with Gasteiger partial charge in [-0.3, -0.25) is 9.35 Å². The number of primary amides is 1. The van der Waals surface area contributed by atoms with Crippen LogP contribution in [0, 0.1) is 0 Å². The van der Waals surface area contributed by atoms with Crippen molar-refractivity contribution in [3.8, 4) is 0 Å². The summed E-state index contributed by atoms with van der Waals surface area (Å²) in [5.74, 6) is -0.683. The summed E-state index contributed by atoms with van der Waals surface area (Å²) in [5.41, 5.74) is 4.53. The third kappa shape index (κ3) is 32.1. The summed E-state index contributed by atoms with van der Waals surface area (Å²) < 4.78 is 26.9. The number of amides is 1. The van der Waals surface area contributed by atoms with Crippen molar-refractivity contribution >= 4 is 16.0 Å². The van der Waals surface area contributed by atoms with E-state index in [9.17, 15) is 13.2 Å². The van der Waals surface area contributed by atoms with Crippen molar-refractivity contribution in [3.63, 3.8) is 0 Å². The van der Waals surface area contributed by atoms with Crippen molar-refractivity contribution < 1.29 is 48.7 Å². The molecule has 0 aliphatic rings. The molecule has 0 saturated heterocycles. The normalized spacial score (nSPS) is 8.50. The van der Waals surface area contributed by atoms with Gasteiger partial charge in [-0.2, -0.15) is 8.42 Å². The van der Waals surface area contributed by atoms with Crippen LogP contribution in [0.5, 0.6) is 0 Å². The molecule has 12 heavy (non-hydrogen) atoms. The van der Waals surface area contributed by atoms with Crippen molar-refractivity contribution in [1.29, 1.82) is 0 Å². The average molecular weight is 205 g/mol. The molecule has 0 atom stereocenters. The Morgan fingerprint density at radius 3 is 1.92 bits per heavy atom. The topological polar surface area (TPSA) is 97.5 Å². The molecule has 0 aliphatic carbocycles. The summed E-state index contributed by atoms with van der Waals surface area (Å²) >= 11 is 0. The molecule has 5 nitrogen and oxygen atoms in total. The first-order valence-electron chi connectivity index (χ1n) is 2.70. The minimum absolute atomic E-state index is 0. The second-order valence-electron chi connectivity index (χ2n) is 1.48. The maximum absolute atomic E-state index is 9.56. The summed E-state index contributed by atoms with van der Waals surface area (Å²) in [5, 5.41) is 0. The quantitative estimate of drug-likeness (QED) is 0.280. The van der Waals surface area contributed by atoms with E-state index < -0.39 is 16.0 Å². The zero-order chi connectivity index (χ0) is 9.49. The van der Waals surface area contributed by atoms with Crippen molar-refractivity contribution in [2.45, 2.75) is 6.92 Å². The Hall–Kier alpha value is 0.120. The largest absolute Gasteiger partial charge is 1.00 e. The van der Waals surface area contributed by atoms with Gasteiger partial charge in [0.15, 0.2) is 0 Å². The number of carbonyl (C=O) groups is 1. The van der Waals surface area contributed by atoms with Gasteiger partial charge in [-0.15, -0.1) is 0 Å². The summed E-state index contributed by atoms with van der Waals surface area (Å²) in [4.78, 5) is 9.47. The van der Waals surface area contributed by atoms with Crippen LogP contribution in [0.4, 0.5) is 0 Å². The van der Waals surface area contributed by atoms with Gasteiger partial charge < -0.3 is 7.16 Å². The maximum atomic E-state index is 9.56. The Bertz CT molecular complexity index is 229. The summed E-state index contributed by atoms with van der Waals surface area (Å²) in [6.07, 6.45) is 1.06. The second kappa shape index (κ2) is 9.21. The third-order valence-electron chi connectivity index (χ3n) is 0.566. The summed E-state index contributed by atoms with van der Waals surface area (Å²) in [6, 6.07) is 0. The fourth-order valence-corrected chi connectivity index (χ4v) is 0. The van der Waals surface area contributed by atoms with Crippen molar-refractivity contribution in [2.24, 2.45) is 5.73 Å². The molecule has 0 aromatic heterocycles. The molecule has 0 bridgehead atoms. The van der Waals surface area contributed by atoms with E-state index in [0.717, 1.165) is 6.08 Å². The molecule has 0 rings (SSSR count). The van der Waals surface area contributed by atoms with Gasteiger partial charge in [0.1, 0.15) is 0 Å². The Balaban J connectivity index is -0.0000000546. The molecule has 0 aromatic carbocycles. The van der Waals surface area contributed by atoms with Crippen LogP contribution in [0.25, 0.3) is 0 Å². The molecule has 3 N–H and O–H groups in total. The summed E-state index contributed by atoms with van der Waals surface area (Å²) in [6.45, 7) is 4.46. The number of carbonyl (C=O) groups excluding carboxylic acids is 1. The standard InChI is InChI=1S/C3H5NO.C2H6O3S.Na.H/c1-2-3(4)5;1-2-6(3,4)5;;/h2H,1H2,(H2,4,5);2H2,1H3,(H,3,4,5);;/q;;+1;-1. The van der Waals surface area contributed by atoms with E-state index in [4.69, 9.17) is 4.55 Å². The number of hydrogen-bond acceptors (Lipinski definition) is 3. The van der Waals surface area contributed by atoms with Gasteiger partial charge in [-0.05, 0) is 13.0 Å². The summed E-state index contributed by atoms with van der Waals surface area (Å²) in [7, 11) is -3.66. The minimum atomic E-state index is -3.66. The van der Waals surface area contributed by atoms with E-state index in [2.05, 4.69) is 12.3 Å². The van der Waals surface area contributed by atoms with Gasteiger partial charge >= 0.3 is 29.6 Å². The Morgan fingerprint density at radius 2 is 1.92 bits per heavy atom. The first-order valence-corrected chi connectivity index (χ1v) is 4.31. The molecule has 0 radical (unpaired) electrons. The molecule has 0 heterocycles. The Labute approximate surface area is 95.5 Å². The van der Waals surface area contributed by atoms with Gasteiger partial charge in [0.05, 0.1) is 5.75 Å². The molecule has 1 amide bonds. The van der Waals surface area contributed by atoms with Crippen LogP contribution in [0.2, 0.25) is 0 Å². The van der Waals surface area contributed by atoms with Gasteiger partial charge in [0, 0.05) is 0 Å². The molecule has 0 fully saturated rings. The molecule has 7 heteroatoms. The van der Waals surface area contributed by atoms with Crippen LogP contribution in [0.3, 0.4) is 0 Å². The molecule has 68 valence electrons. The monoisotopic (exact) mass is 205 g/mol. The third-order valence-corrected chi connectivity index (χ3v) is 1.30. The zero-order valence-electron chi connectivity index (χ0n) is 8.15. The van der Waals surface area contributed by atoms with Crippen LogP contribution < -0.4 is 35.3 Å².